The van der Waals surface area contributed by atoms with Crippen LogP contribution in [0.5, 0.6) is 5.75 Å². The summed E-state index contributed by atoms with van der Waals surface area (Å²) in [7, 11) is 1.66. The van der Waals surface area contributed by atoms with Gasteiger partial charge in [-0.2, -0.15) is 0 Å². The highest BCUT2D eigenvalue weighted by atomic mass is 32.1. The van der Waals surface area contributed by atoms with E-state index in [2.05, 4.69) is 39.8 Å². The average Bonchev–Trinajstić information content (AvgIpc) is 2.69. The van der Waals surface area contributed by atoms with Gasteiger partial charge in [-0.05, 0) is 42.0 Å². The van der Waals surface area contributed by atoms with Crippen LogP contribution in [-0.4, -0.2) is 50.0 Å². The SMILES string of the molecule is COc1ccc(NC(=S)N[C@H](CN2CCOCC2)c2ccccc2)cc1. The van der Waals surface area contributed by atoms with Crippen molar-refractivity contribution in [2.24, 2.45) is 0 Å². The van der Waals surface area contributed by atoms with E-state index >= 15 is 0 Å². The van der Waals surface area contributed by atoms with Crippen molar-refractivity contribution < 1.29 is 9.47 Å². The maximum atomic E-state index is 5.54. The molecule has 0 bridgehead atoms. The summed E-state index contributed by atoms with van der Waals surface area (Å²) < 4.78 is 10.6. The lowest BCUT2D eigenvalue weighted by Crippen LogP contribution is -2.44. The molecule has 1 aliphatic heterocycles. The molecule has 2 N–H and O–H groups in total. The largest absolute Gasteiger partial charge is 0.497 e. The molecule has 1 atom stereocenters. The summed E-state index contributed by atoms with van der Waals surface area (Å²) in [5.41, 5.74) is 2.15. The minimum atomic E-state index is 0.118. The van der Waals surface area contributed by atoms with Crippen molar-refractivity contribution in [3.05, 3.63) is 60.2 Å². The van der Waals surface area contributed by atoms with Gasteiger partial charge in [-0.15, -0.1) is 0 Å². The highest BCUT2D eigenvalue weighted by Crippen LogP contribution is 2.17. The predicted molar refractivity (Wildman–Crippen MR) is 109 cm³/mol. The van der Waals surface area contributed by atoms with Crippen LogP contribution in [-0.2, 0) is 4.74 Å². The van der Waals surface area contributed by atoms with E-state index in [0.717, 1.165) is 44.3 Å². The van der Waals surface area contributed by atoms with Crippen LogP contribution in [0.25, 0.3) is 0 Å². The number of nitrogens with zero attached hydrogens (tertiary/aromatic N) is 1. The van der Waals surface area contributed by atoms with Crippen LogP contribution in [0.3, 0.4) is 0 Å². The Morgan fingerprint density at radius 2 is 1.81 bits per heavy atom. The lowest BCUT2D eigenvalue weighted by molar-refractivity contribution is 0.0344. The molecule has 5 nitrogen and oxygen atoms in total. The third-order valence-corrected chi connectivity index (χ3v) is 4.62. The first-order valence-electron chi connectivity index (χ1n) is 8.81. The molecule has 0 spiro atoms. The first-order chi connectivity index (χ1) is 12.7. The zero-order chi connectivity index (χ0) is 18.2. The molecule has 1 heterocycles. The molecule has 0 radical (unpaired) electrons. The summed E-state index contributed by atoms with van der Waals surface area (Å²) in [4.78, 5) is 2.41. The summed E-state index contributed by atoms with van der Waals surface area (Å²) in [6.45, 7) is 4.36. The van der Waals surface area contributed by atoms with Crippen LogP contribution in [0.4, 0.5) is 5.69 Å². The molecule has 0 saturated carbocycles. The first kappa shape index (κ1) is 18.6. The van der Waals surface area contributed by atoms with Gasteiger partial charge in [0.1, 0.15) is 5.75 Å². The highest BCUT2D eigenvalue weighted by molar-refractivity contribution is 7.80. The van der Waals surface area contributed by atoms with E-state index in [-0.39, 0.29) is 6.04 Å². The number of anilines is 1. The van der Waals surface area contributed by atoms with E-state index in [0.29, 0.717) is 5.11 Å². The number of hydrogen-bond acceptors (Lipinski definition) is 4. The molecule has 26 heavy (non-hydrogen) atoms. The summed E-state index contributed by atoms with van der Waals surface area (Å²) in [5, 5.41) is 7.33. The second kappa shape index (κ2) is 9.52. The number of ether oxygens (including phenoxy) is 2. The summed E-state index contributed by atoms with van der Waals surface area (Å²) in [6.07, 6.45) is 0. The topological polar surface area (TPSA) is 45.8 Å². The normalized spacial score (nSPS) is 15.9. The van der Waals surface area contributed by atoms with Crippen molar-refractivity contribution in [3.63, 3.8) is 0 Å². The van der Waals surface area contributed by atoms with Crippen LogP contribution in [0.1, 0.15) is 11.6 Å². The molecule has 1 aliphatic rings. The van der Waals surface area contributed by atoms with Gasteiger partial charge in [-0.3, -0.25) is 4.90 Å². The molecule has 2 aromatic carbocycles. The van der Waals surface area contributed by atoms with Gasteiger partial charge in [0.15, 0.2) is 5.11 Å². The third-order valence-electron chi connectivity index (χ3n) is 4.40. The first-order valence-corrected chi connectivity index (χ1v) is 9.22. The van der Waals surface area contributed by atoms with Crippen LogP contribution < -0.4 is 15.4 Å². The van der Waals surface area contributed by atoms with Gasteiger partial charge in [-0.25, -0.2) is 0 Å². The molecule has 138 valence electrons. The summed E-state index contributed by atoms with van der Waals surface area (Å²) in [5.74, 6) is 0.823. The maximum Gasteiger partial charge on any atom is 0.171 e. The Labute approximate surface area is 160 Å². The molecular formula is C20H25N3O2S. The Bertz CT molecular complexity index is 688. The number of hydrogen-bond donors (Lipinski definition) is 2. The fraction of sp³-hybridized carbons (Fsp3) is 0.350. The zero-order valence-electron chi connectivity index (χ0n) is 15.0. The van der Waals surface area contributed by atoms with Gasteiger partial charge in [0.2, 0.25) is 0 Å². The van der Waals surface area contributed by atoms with Crippen molar-refractivity contribution in [3.8, 4) is 5.75 Å². The molecule has 0 amide bonds. The van der Waals surface area contributed by atoms with Gasteiger partial charge >= 0.3 is 0 Å². The van der Waals surface area contributed by atoms with Crippen LogP contribution in [0.2, 0.25) is 0 Å². The molecular weight excluding hydrogens is 346 g/mol. The number of benzene rings is 2. The Balaban J connectivity index is 1.64. The number of rotatable bonds is 6. The van der Waals surface area contributed by atoms with E-state index in [1.807, 2.05) is 30.3 Å². The average molecular weight is 372 g/mol. The van der Waals surface area contributed by atoms with E-state index in [1.54, 1.807) is 7.11 Å². The molecule has 0 aliphatic carbocycles. The van der Waals surface area contributed by atoms with Gasteiger partial charge < -0.3 is 20.1 Å². The summed E-state index contributed by atoms with van der Waals surface area (Å²) in [6, 6.07) is 18.3. The smallest absolute Gasteiger partial charge is 0.171 e. The minimum absolute atomic E-state index is 0.118. The van der Waals surface area contributed by atoms with E-state index in [4.69, 9.17) is 21.7 Å². The quantitative estimate of drug-likeness (QED) is 0.761. The Morgan fingerprint density at radius 3 is 2.46 bits per heavy atom. The lowest BCUT2D eigenvalue weighted by Gasteiger charge is -2.31. The van der Waals surface area contributed by atoms with Crippen molar-refractivity contribution in [2.45, 2.75) is 6.04 Å². The van der Waals surface area contributed by atoms with Crippen LogP contribution in [0.15, 0.2) is 54.6 Å². The third kappa shape index (κ3) is 5.42. The Kier molecular flexibility index (Phi) is 6.82. The fourth-order valence-electron chi connectivity index (χ4n) is 2.96. The Hall–Kier alpha value is -2.15. The molecule has 2 aromatic rings. The standard InChI is InChI=1S/C20H25N3O2S/c1-24-18-9-7-17(8-10-18)21-20(26)22-19(16-5-3-2-4-6-16)15-23-11-13-25-14-12-23/h2-10,19H,11-15H2,1H3,(H2,21,22,26)/t19-/m1/s1. The maximum absolute atomic E-state index is 5.54. The molecule has 0 aromatic heterocycles. The van der Waals surface area contributed by atoms with Crippen molar-refractivity contribution >= 4 is 23.0 Å². The fourth-order valence-corrected chi connectivity index (χ4v) is 3.22. The van der Waals surface area contributed by atoms with Gasteiger partial charge in [0, 0.05) is 25.3 Å². The number of thiocarbonyl (C=S) groups is 1. The predicted octanol–water partition coefficient (Wildman–Crippen LogP) is 3.06. The van der Waals surface area contributed by atoms with Crippen molar-refractivity contribution in [1.82, 2.24) is 10.2 Å². The van der Waals surface area contributed by atoms with Crippen LogP contribution >= 0.6 is 12.2 Å². The van der Waals surface area contributed by atoms with E-state index < -0.39 is 0 Å². The lowest BCUT2D eigenvalue weighted by atomic mass is 10.1. The summed E-state index contributed by atoms with van der Waals surface area (Å²) >= 11 is 5.54. The van der Waals surface area contributed by atoms with Gasteiger partial charge in [0.25, 0.3) is 0 Å². The van der Waals surface area contributed by atoms with Gasteiger partial charge in [0.05, 0.1) is 26.4 Å². The van der Waals surface area contributed by atoms with Crippen molar-refractivity contribution in [2.75, 3.05) is 45.3 Å². The minimum Gasteiger partial charge on any atom is -0.497 e. The number of morpholine rings is 1. The van der Waals surface area contributed by atoms with Crippen molar-refractivity contribution in [1.29, 1.82) is 0 Å². The molecule has 3 rings (SSSR count). The molecule has 6 heteroatoms. The number of methoxy groups -OCH3 is 1. The van der Waals surface area contributed by atoms with E-state index in [1.165, 1.54) is 5.56 Å². The second-order valence-corrected chi connectivity index (χ2v) is 6.61. The molecule has 1 saturated heterocycles. The molecule has 0 unspecified atom stereocenters. The Morgan fingerprint density at radius 1 is 1.12 bits per heavy atom. The number of nitrogens with one attached hydrogen (secondary N) is 2. The van der Waals surface area contributed by atoms with Gasteiger partial charge in [-0.1, -0.05) is 30.3 Å². The highest BCUT2D eigenvalue weighted by Gasteiger charge is 2.19. The van der Waals surface area contributed by atoms with Crippen LogP contribution in [0, 0.1) is 0 Å². The zero-order valence-corrected chi connectivity index (χ0v) is 15.8. The monoisotopic (exact) mass is 371 g/mol. The van der Waals surface area contributed by atoms with E-state index in [9.17, 15) is 0 Å². The second-order valence-electron chi connectivity index (χ2n) is 6.20. The molecule has 1 fully saturated rings.